The lowest BCUT2D eigenvalue weighted by Crippen LogP contribution is -2.34. The summed E-state index contributed by atoms with van der Waals surface area (Å²) >= 11 is 2.06. The monoisotopic (exact) mass is 307 g/mol. The lowest BCUT2D eigenvalue weighted by atomic mass is 10.1. The number of nitrogens with zero attached hydrogens (tertiary/aromatic N) is 2. The van der Waals surface area contributed by atoms with Crippen LogP contribution in [0, 0.1) is 19.8 Å². The maximum absolute atomic E-state index is 4.85. The fraction of sp³-hybridized carbons (Fsp3) is 0.706. The molecule has 1 aliphatic heterocycles. The molecule has 1 aliphatic rings. The summed E-state index contributed by atoms with van der Waals surface area (Å²) in [5.41, 5.74) is 3.83. The molecule has 1 fully saturated rings. The molecule has 21 heavy (non-hydrogen) atoms. The molecule has 1 atom stereocenters. The van der Waals surface area contributed by atoms with Crippen molar-refractivity contribution in [1.29, 1.82) is 0 Å². The van der Waals surface area contributed by atoms with E-state index in [4.69, 9.17) is 4.98 Å². The van der Waals surface area contributed by atoms with Crippen molar-refractivity contribution < 1.29 is 0 Å². The summed E-state index contributed by atoms with van der Waals surface area (Å²) in [6, 6.07) is 2.83. The van der Waals surface area contributed by atoms with Gasteiger partial charge in [0, 0.05) is 36.6 Å². The number of thioether (sulfide) groups is 1. The van der Waals surface area contributed by atoms with E-state index in [2.05, 4.69) is 62.8 Å². The average molecular weight is 308 g/mol. The Bertz CT molecular complexity index is 467. The Balaban J connectivity index is 2.20. The zero-order valence-electron chi connectivity index (χ0n) is 14.1. The first kappa shape index (κ1) is 16.6. The van der Waals surface area contributed by atoms with Crippen LogP contribution in [0.2, 0.25) is 0 Å². The molecular formula is C17H29N3S. The highest BCUT2D eigenvalue weighted by Crippen LogP contribution is 2.28. The van der Waals surface area contributed by atoms with E-state index in [9.17, 15) is 0 Å². The zero-order valence-corrected chi connectivity index (χ0v) is 14.9. The second kappa shape index (κ2) is 7.50. The van der Waals surface area contributed by atoms with Crippen LogP contribution in [0.1, 0.15) is 37.1 Å². The fourth-order valence-electron chi connectivity index (χ4n) is 2.84. The summed E-state index contributed by atoms with van der Waals surface area (Å²) in [7, 11) is 2.21. The lowest BCUT2D eigenvalue weighted by molar-refractivity contribution is 0.549. The van der Waals surface area contributed by atoms with Gasteiger partial charge >= 0.3 is 0 Å². The van der Waals surface area contributed by atoms with Gasteiger partial charge in [0.05, 0.1) is 0 Å². The molecule has 0 aromatic carbocycles. The van der Waals surface area contributed by atoms with Crippen LogP contribution in [0.3, 0.4) is 0 Å². The summed E-state index contributed by atoms with van der Waals surface area (Å²) in [6.07, 6.45) is 1.27. The Kier molecular flexibility index (Phi) is 5.94. The molecule has 0 aliphatic carbocycles. The molecule has 3 nitrogen and oxygen atoms in total. The van der Waals surface area contributed by atoms with Crippen LogP contribution < -0.4 is 10.2 Å². The molecular weight excluding hydrogens is 278 g/mol. The van der Waals surface area contributed by atoms with Gasteiger partial charge in [-0.1, -0.05) is 13.8 Å². The largest absolute Gasteiger partial charge is 0.356 e. The minimum atomic E-state index is 0.632. The Hall–Kier alpha value is -0.740. The molecule has 118 valence electrons. The number of anilines is 1. The smallest absolute Gasteiger partial charge is 0.133 e. The van der Waals surface area contributed by atoms with Gasteiger partial charge in [-0.15, -0.1) is 0 Å². The van der Waals surface area contributed by atoms with Crippen LogP contribution in [0.15, 0.2) is 6.07 Å². The summed E-state index contributed by atoms with van der Waals surface area (Å²) in [6.45, 7) is 10.8. The third-order valence-corrected chi connectivity index (χ3v) is 5.24. The molecule has 0 bridgehead atoms. The van der Waals surface area contributed by atoms with Crippen LogP contribution in [0.5, 0.6) is 0 Å². The maximum atomic E-state index is 4.85. The number of aromatic nitrogens is 1. The van der Waals surface area contributed by atoms with Crippen molar-refractivity contribution >= 4 is 17.6 Å². The SMILES string of the molecule is Cc1cc(C)c(CNCC(C)C)c(N(C)C2CCSC2)n1. The van der Waals surface area contributed by atoms with Gasteiger partial charge < -0.3 is 10.2 Å². The Morgan fingerprint density at radius 2 is 2.19 bits per heavy atom. The van der Waals surface area contributed by atoms with Gasteiger partial charge in [0.15, 0.2) is 0 Å². The van der Waals surface area contributed by atoms with Crippen molar-refractivity contribution in [3.63, 3.8) is 0 Å². The molecule has 0 saturated carbocycles. The molecule has 0 amide bonds. The van der Waals surface area contributed by atoms with E-state index in [-0.39, 0.29) is 0 Å². The van der Waals surface area contributed by atoms with E-state index < -0.39 is 0 Å². The maximum Gasteiger partial charge on any atom is 0.133 e. The number of hydrogen-bond donors (Lipinski definition) is 1. The van der Waals surface area contributed by atoms with E-state index in [0.717, 1.165) is 18.8 Å². The summed E-state index contributed by atoms with van der Waals surface area (Å²) in [5.74, 6) is 4.36. The average Bonchev–Trinajstić information content (AvgIpc) is 2.93. The minimum absolute atomic E-state index is 0.632. The first-order valence-corrected chi connectivity index (χ1v) is 9.13. The van der Waals surface area contributed by atoms with Gasteiger partial charge in [-0.05, 0) is 50.1 Å². The fourth-order valence-corrected chi connectivity index (χ4v) is 4.11. The van der Waals surface area contributed by atoms with Crippen LogP contribution in [0.25, 0.3) is 0 Å². The van der Waals surface area contributed by atoms with E-state index in [1.54, 1.807) is 0 Å². The second-order valence-electron chi connectivity index (χ2n) is 6.54. The molecule has 1 aromatic heterocycles. The first-order chi connectivity index (χ1) is 9.99. The number of pyridine rings is 1. The van der Waals surface area contributed by atoms with Gasteiger partial charge in [0.1, 0.15) is 5.82 Å². The third-order valence-electron chi connectivity index (χ3n) is 4.10. The highest BCUT2D eigenvalue weighted by atomic mass is 32.2. The molecule has 2 heterocycles. The number of nitrogens with one attached hydrogen (secondary N) is 1. The standard InChI is InChI=1S/C17H29N3S/c1-12(2)9-18-10-16-13(3)8-14(4)19-17(16)20(5)15-6-7-21-11-15/h8,12,15,18H,6-7,9-11H2,1-5H3. The predicted octanol–water partition coefficient (Wildman–Crippen LogP) is 3.39. The van der Waals surface area contributed by atoms with Crippen LogP contribution in [-0.4, -0.2) is 36.1 Å². The Morgan fingerprint density at radius 1 is 1.43 bits per heavy atom. The molecule has 0 radical (unpaired) electrons. The molecule has 4 heteroatoms. The number of aryl methyl sites for hydroxylation is 2. The summed E-state index contributed by atoms with van der Waals surface area (Å²) < 4.78 is 0. The van der Waals surface area contributed by atoms with Crippen LogP contribution >= 0.6 is 11.8 Å². The topological polar surface area (TPSA) is 28.2 Å². The number of rotatable bonds is 6. The first-order valence-electron chi connectivity index (χ1n) is 7.97. The highest BCUT2D eigenvalue weighted by Gasteiger charge is 2.23. The molecule has 0 spiro atoms. The van der Waals surface area contributed by atoms with Crippen molar-refractivity contribution in [2.45, 2.75) is 46.7 Å². The van der Waals surface area contributed by atoms with E-state index in [1.165, 1.54) is 34.9 Å². The van der Waals surface area contributed by atoms with Crippen molar-refractivity contribution in [2.24, 2.45) is 5.92 Å². The summed E-state index contributed by atoms with van der Waals surface area (Å²) in [5, 5.41) is 3.58. The van der Waals surface area contributed by atoms with Gasteiger partial charge in [0.2, 0.25) is 0 Å². The lowest BCUT2D eigenvalue weighted by Gasteiger charge is -2.28. The molecule has 1 unspecified atom stereocenters. The summed E-state index contributed by atoms with van der Waals surface area (Å²) in [4.78, 5) is 7.26. The van der Waals surface area contributed by atoms with Gasteiger partial charge in [0.25, 0.3) is 0 Å². The van der Waals surface area contributed by atoms with Crippen molar-refractivity contribution in [2.75, 3.05) is 30.0 Å². The number of hydrogen-bond acceptors (Lipinski definition) is 4. The van der Waals surface area contributed by atoms with E-state index in [0.29, 0.717) is 12.0 Å². The van der Waals surface area contributed by atoms with Gasteiger partial charge in [-0.3, -0.25) is 0 Å². The third kappa shape index (κ3) is 4.36. The molecule has 1 aromatic rings. The highest BCUT2D eigenvalue weighted by molar-refractivity contribution is 7.99. The second-order valence-corrected chi connectivity index (χ2v) is 7.69. The Labute approximate surface area is 133 Å². The van der Waals surface area contributed by atoms with E-state index >= 15 is 0 Å². The van der Waals surface area contributed by atoms with E-state index in [1.807, 2.05) is 0 Å². The predicted molar refractivity (Wildman–Crippen MR) is 94.4 cm³/mol. The minimum Gasteiger partial charge on any atom is -0.356 e. The van der Waals surface area contributed by atoms with Gasteiger partial charge in [-0.25, -0.2) is 4.98 Å². The van der Waals surface area contributed by atoms with Crippen molar-refractivity contribution in [1.82, 2.24) is 10.3 Å². The van der Waals surface area contributed by atoms with Crippen LogP contribution in [-0.2, 0) is 6.54 Å². The van der Waals surface area contributed by atoms with Gasteiger partial charge in [-0.2, -0.15) is 11.8 Å². The quantitative estimate of drug-likeness (QED) is 0.872. The molecule has 1 N–H and O–H groups in total. The van der Waals surface area contributed by atoms with Crippen LogP contribution in [0.4, 0.5) is 5.82 Å². The molecule has 2 rings (SSSR count). The molecule has 1 saturated heterocycles. The normalized spacial score (nSPS) is 18.5. The Morgan fingerprint density at radius 3 is 2.81 bits per heavy atom. The zero-order chi connectivity index (χ0) is 15.4. The van der Waals surface area contributed by atoms with Crippen molar-refractivity contribution in [3.05, 3.63) is 22.9 Å². The van der Waals surface area contributed by atoms with Crippen molar-refractivity contribution in [3.8, 4) is 0 Å².